The van der Waals surface area contributed by atoms with Crippen molar-refractivity contribution in [3.8, 4) is 5.75 Å². The van der Waals surface area contributed by atoms with E-state index in [-0.39, 0.29) is 16.8 Å². The minimum absolute atomic E-state index is 0.00288. The fourth-order valence-corrected chi connectivity index (χ4v) is 6.85. The third-order valence-corrected chi connectivity index (χ3v) is 7.89. The van der Waals surface area contributed by atoms with Gasteiger partial charge in [0.05, 0.1) is 11.1 Å². The third kappa shape index (κ3) is 3.38. The number of aromatic hydroxyl groups is 1. The molecule has 4 bridgehead atoms. The number of aliphatic imine (C=N–C) groups is 1. The summed E-state index contributed by atoms with van der Waals surface area (Å²) in [5, 5.41) is 11.8. The van der Waals surface area contributed by atoms with E-state index in [0.717, 1.165) is 72.7 Å². The quantitative estimate of drug-likeness (QED) is 0.502. The highest BCUT2D eigenvalue weighted by atomic mass is 16.3. The molecule has 30 heavy (non-hydrogen) atoms. The second-order valence-electron chi connectivity index (χ2n) is 10.3. The number of rotatable bonds is 6. The number of aromatic nitrogens is 1. The van der Waals surface area contributed by atoms with Gasteiger partial charge < -0.3 is 9.67 Å². The highest BCUT2D eigenvalue weighted by Gasteiger charge is 2.50. The highest BCUT2D eigenvalue weighted by Crippen LogP contribution is 2.57. The normalized spacial score (nSPS) is 30.0. The maximum atomic E-state index is 13.4. The van der Waals surface area contributed by atoms with Crippen molar-refractivity contribution in [3.05, 3.63) is 39.7 Å². The Balaban J connectivity index is 1.56. The van der Waals surface area contributed by atoms with Crippen LogP contribution in [-0.2, 0) is 6.54 Å². The Labute approximate surface area is 179 Å². The van der Waals surface area contributed by atoms with Crippen LogP contribution in [0.1, 0.15) is 75.8 Å². The van der Waals surface area contributed by atoms with E-state index in [0.29, 0.717) is 12.1 Å². The molecule has 0 atom stereocenters. The zero-order valence-corrected chi connectivity index (χ0v) is 18.4. The summed E-state index contributed by atoms with van der Waals surface area (Å²) in [7, 11) is 0. The molecule has 0 aliphatic heterocycles. The Hall–Kier alpha value is -2.10. The van der Waals surface area contributed by atoms with E-state index in [9.17, 15) is 9.90 Å². The van der Waals surface area contributed by atoms with Crippen LogP contribution >= 0.6 is 0 Å². The molecule has 0 saturated heterocycles. The maximum absolute atomic E-state index is 13.4. The van der Waals surface area contributed by atoms with Crippen LogP contribution in [0.25, 0.3) is 10.9 Å². The zero-order valence-electron chi connectivity index (χ0n) is 18.4. The van der Waals surface area contributed by atoms with Gasteiger partial charge in [0.25, 0.3) is 5.56 Å². The maximum Gasteiger partial charge on any atom is 0.263 e. The highest BCUT2D eigenvalue weighted by molar-refractivity contribution is 5.95. The molecule has 4 fully saturated rings. The third-order valence-electron chi connectivity index (χ3n) is 7.89. The number of hydrogen-bond donors (Lipinski definition) is 1. The molecule has 4 nitrogen and oxygen atoms in total. The first-order valence-electron chi connectivity index (χ1n) is 11.9. The van der Waals surface area contributed by atoms with E-state index in [2.05, 4.69) is 6.92 Å². The lowest BCUT2D eigenvalue weighted by Gasteiger charge is -2.54. The molecule has 6 rings (SSSR count). The Kier molecular flexibility index (Phi) is 4.99. The van der Waals surface area contributed by atoms with Crippen LogP contribution in [0.4, 0.5) is 0 Å². The van der Waals surface area contributed by atoms with E-state index in [1.54, 1.807) is 6.21 Å². The summed E-state index contributed by atoms with van der Waals surface area (Å²) >= 11 is 0. The summed E-state index contributed by atoms with van der Waals surface area (Å²) in [6.07, 6.45) is 12.5. The number of benzene rings is 1. The largest absolute Gasteiger partial charge is 0.506 e. The lowest BCUT2D eigenvalue weighted by Crippen LogP contribution is -2.49. The molecule has 4 aliphatic rings. The van der Waals surface area contributed by atoms with Gasteiger partial charge in [0.2, 0.25) is 0 Å². The van der Waals surface area contributed by atoms with Crippen LogP contribution in [0.3, 0.4) is 0 Å². The van der Waals surface area contributed by atoms with Gasteiger partial charge in [0.1, 0.15) is 11.3 Å². The molecule has 1 heterocycles. The summed E-state index contributed by atoms with van der Waals surface area (Å²) in [5.41, 5.74) is 2.21. The summed E-state index contributed by atoms with van der Waals surface area (Å²) in [6, 6.07) is 5.96. The molecule has 0 unspecified atom stereocenters. The molecule has 4 heteroatoms. The van der Waals surface area contributed by atoms with Gasteiger partial charge in [-0.2, -0.15) is 0 Å². The van der Waals surface area contributed by atoms with Crippen molar-refractivity contribution in [2.24, 2.45) is 22.7 Å². The van der Waals surface area contributed by atoms with Gasteiger partial charge in [-0.15, -0.1) is 0 Å². The lowest BCUT2D eigenvalue weighted by atomic mass is 9.53. The van der Waals surface area contributed by atoms with E-state index < -0.39 is 0 Å². The molecule has 2 aromatic rings. The number of aryl methyl sites for hydroxylation is 2. The number of unbranched alkanes of at least 4 members (excludes halogenated alkanes) is 2. The number of pyridine rings is 1. The summed E-state index contributed by atoms with van der Waals surface area (Å²) < 4.78 is 1.86. The molecular formula is C26H34N2O2. The molecule has 1 N–H and O–H groups in total. The van der Waals surface area contributed by atoms with Crippen molar-refractivity contribution in [3.63, 3.8) is 0 Å². The summed E-state index contributed by atoms with van der Waals surface area (Å²) in [4.78, 5) is 18.5. The Morgan fingerprint density at radius 1 is 1.13 bits per heavy atom. The van der Waals surface area contributed by atoms with E-state index in [1.807, 2.05) is 29.7 Å². The van der Waals surface area contributed by atoms with Gasteiger partial charge in [0.15, 0.2) is 0 Å². The van der Waals surface area contributed by atoms with Crippen LogP contribution in [0.15, 0.2) is 28.0 Å². The fraction of sp³-hybridized carbons (Fsp3) is 0.615. The van der Waals surface area contributed by atoms with Gasteiger partial charge in [-0.25, -0.2) is 0 Å². The fourth-order valence-electron chi connectivity index (χ4n) is 6.85. The van der Waals surface area contributed by atoms with Crippen LogP contribution in [0, 0.1) is 24.7 Å². The van der Waals surface area contributed by atoms with E-state index in [4.69, 9.17) is 4.99 Å². The van der Waals surface area contributed by atoms with Crippen LogP contribution in [0.5, 0.6) is 5.75 Å². The van der Waals surface area contributed by atoms with Crippen molar-refractivity contribution in [2.45, 2.75) is 83.7 Å². The van der Waals surface area contributed by atoms with Crippen molar-refractivity contribution in [2.75, 3.05) is 0 Å². The van der Waals surface area contributed by atoms with Crippen LogP contribution in [-0.4, -0.2) is 21.4 Å². The predicted molar refractivity (Wildman–Crippen MR) is 123 cm³/mol. The molecule has 4 saturated carbocycles. The monoisotopic (exact) mass is 406 g/mol. The van der Waals surface area contributed by atoms with Crippen molar-refractivity contribution < 1.29 is 5.11 Å². The Morgan fingerprint density at radius 2 is 1.80 bits per heavy atom. The van der Waals surface area contributed by atoms with Gasteiger partial charge in [-0.1, -0.05) is 25.8 Å². The van der Waals surface area contributed by atoms with E-state index in [1.165, 1.54) is 19.3 Å². The molecule has 0 radical (unpaired) electrons. The van der Waals surface area contributed by atoms with Crippen LogP contribution < -0.4 is 5.56 Å². The van der Waals surface area contributed by atoms with Gasteiger partial charge in [-0.05, 0) is 87.3 Å². The number of hydrogen-bond acceptors (Lipinski definition) is 3. The first kappa shape index (κ1) is 19.8. The second kappa shape index (κ2) is 7.55. The molecular weight excluding hydrogens is 372 g/mol. The molecule has 160 valence electrons. The molecule has 4 aliphatic carbocycles. The average molecular weight is 407 g/mol. The Bertz CT molecular complexity index is 1010. The predicted octanol–water partition coefficient (Wildman–Crippen LogP) is 5.59. The smallest absolute Gasteiger partial charge is 0.263 e. The van der Waals surface area contributed by atoms with E-state index >= 15 is 0 Å². The minimum atomic E-state index is -0.102. The minimum Gasteiger partial charge on any atom is -0.506 e. The van der Waals surface area contributed by atoms with Crippen molar-refractivity contribution >= 4 is 17.1 Å². The molecule has 0 spiro atoms. The molecule has 0 amide bonds. The first-order chi connectivity index (χ1) is 14.5. The van der Waals surface area contributed by atoms with Crippen molar-refractivity contribution in [1.29, 1.82) is 0 Å². The first-order valence-corrected chi connectivity index (χ1v) is 11.9. The lowest BCUT2D eigenvalue weighted by molar-refractivity contribution is 0.00194. The molecule has 1 aromatic carbocycles. The van der Waals surface area contributed by atoms with Gasteiger partial charge in [0, 0.05) is 18.1 Å². The number of nitrogens with zero attached hydrogens (tertiary/aromatic N) is 2. The molecule has 1 aromatic heterocycles. The van der Waals surface area contributed by atoms with Gasteiger partial charge in [-0.3, -0.25) is 9.79 Å². The SMILES string of the molecule is CCCCCn1c(=O)c(C=NC23CC4CC(CC(C4)C2)C3)c(O)c2ccc(C)cc21. The standard InChI is InChI=1S/C26H34N2O2/c1-3-4-5-8-28-23-9-17(2)6-7-21(23)24(29)22(25(28)30)16-27-26-13-18-10-19(14-26)12-20(11-18)15-26/h6-7,9,16,18-20,29H,3-5,8,10-15H2,1-2H3. The van der Waals surface area contributed by atoms with Crippen LogP contribution in [0.2, 0.25) is 0 Å². The topological polar surface area (TPSA) is 54.6 Å². The Morgan fingerprint density at radius 3 is 2.43 bits per heavy atom. The summed E-state index contributed by atoms with van der Waals surface area (Å²) in [6.45, 7) is 4.89. The number of fused-ring (bicyclic) bond motifs is 1. The summed E-state index contributed by atoms with van der Waals surface area (Å²) in [5.74, 6) is 2.53. The van der Waals surface area contributed by atoms with Crippen molar-refractivity contribution in [1.82, 2.24) is 4.57 Å². The average Bonchev–Trinajstić information content (AvgIpc) is 2.69. The zero-order chi connectivity index (χ0) is 20.9. The van der Waals surface area contributed by atoms with Gasteiger partial charge >= 0.3 is 0 Å². The second-order valence-corrected chi connectivity index (χ2v) is 10.3.